The third-order valence-electron chi connectivity index (χ3n) is 1.69. The molecule has 0 unspecified atom stereocenters. The lowest BCUT2D eigenvalue weighted by Gasteiger charge is -2.01. The van der Waals surface area contributed by atoms with Crippen LogP contribution in [0.1, 0.15) is 21.0 Å². The van der Waals surface area contributed by atoms with Crippen LogP contribution in [0, 0.1) is 4.77 Å². The van der Waals surface area contributed by atoms with Gasteiger partial charge in [0.15, 0.2) is 16.2 Å². The van der Waals surface area contributed by atoms with E-state index in [-0.39, 0.29) is 4.77 Å². The number of carboxylic acids is 3. The van der Waals surface area contributed by atoms with Gasteiger partial charge in [-0.3, -0.25) is 9.36 Å². The zero-order valence-electron chi connectivity index (χ0n) is 7.63. The fraction of sp³-hybridized carbons (Fsp3) is 0.143. The zero-order valence-corrected chi connectivity index (χ0v) is 8.45. The first-order chi connectivity index (χ1) is 7.34. The summed E-state index contributed by atoms with van der Waals surface area (Å²) >= 11 is 4.63. The molecule has 1 rings (SSSR count). The van der Waals surface area contributed by atoms with Gasteiger partial charge in [0.1, 0.15) is 6.54 Å². The lowest BCUT2D eigenvalue weighted by Crippen LogP contribution is -2.17. The van der Waals surface area contributed by atoms with Gasteiger partial charge in [-0.05, 0) is 12.2 Å². The van der Waals surface area contributed by atoms with Gasteiger partial charge in [-0.1, -0.05) is 0 Å². The summed E-state index contributed by atoms with van der Waals surface area (Å²) in [5.74, 6) is -4.41. The number of aromatic carboxylic acids is 2. The molecule has 0 spiro atoms. The number of hydrogen-bond donors (Lipinski definition) is 4. The number of carbonyl (C=O) groups is 3. The Labute approximate surface area is 92.8 Å². The van der Waals surface area contributed by atoms with Gasteiger partial charge in [-0.25, -0.2) is 9.59 Å². The van der Waals surface area contributed by atoms with Crippen LogP contribution in [-0.4, -0.2) is 42.8 Å². The topological polar surface area (TPSA) is 133 Å². The highest BCUT2D eigenvalue weighted by atomic mass is 32.1. The molecule has 0 fully saturated rings. The summed E-state index contributed by atoms with van der Waals surface area (Å²) in [4.78, 5) is 34.1. The summed E-state index contributed by atoms with van der Waals surface area (Å²) < 4.78 is 0.431. The van der Waals surface area contributed by atoms with Crippen molar-refractivity contribution in [1.82, 2.24) is 9.55 Å². The molecule has 0 aromatic carbocycles. The van der Waals surface area contributed by atoms with Crippen LogP contribution in [-0.2, 0) is 11.3 Å². The number of H-pyrrole nitrogens is 1. The van der Waals surface area contributed by atoms with Crippen LogP contribution in [0.15, 0.2) is 0 Å². The van der Waals surface area contributed by atoms with Crippen molar-refractivity contribution in [2.45, 2.75) is 6.54 Å². The molecule has 0 aliphatic rings. The molecule has 0 bridgehead atoms. The molecule has 1 heterocycles. The first-order valence-corrected chi connectivity index (χ1v) is 4.26. The fourth-order valence-electron chi connectivity index (χ4n) is 1.13. The van der Waals surface area contributed by atoms with E-state index in [2.05, 4.69) is 17.2 Å². The molecule has 0 atom stereocenters. The molecule has 16 heavy (non-hydrogen) atoms. The minimum absolute atomic E-state index is 0.266. The molecule has 86 valence electrons. The Bertz CT molecular complexity index is 527. The highest BCUT2D eigenvalue weighted by Gasteiger charge is 2.24. The second-order valence-corrected chi connectivity index (χ2v) is 3.13. The summed E-state index contributed by atoms with van der Waals surface area (Å²) in [5.41, 5.74) is -1.32. The predicted molar refractivity (Wildman–Crippen MR) is 51.2 cm³/mol. The number of aromatic amines is 1. The van der Waals surface area contributed by atoms with Crippen LogP contribution >= 0.6 is 12.2 Å². The second kappa shape index (κ2) is 4.14. The van der Waals surface area contributed by atoms with Gasteiger partial charge in [0, 0.05) is 0 Å². The summed E-state index contributed by atoms with van der Waals surface area (Å²) in [6.45, 7) is -0.718. The Morgan fingerprint density at radius 3 is 2.12 bits per heavy atom. The monoisotopic (exact) mass is 246 g/mol. The van der Waals surface area contributed by atoms with Crippen LogP contribution in [0.2, 0.25) is 0 Å². The molecule has 9 heteroatoms. The Morgan fingerprint density at radius 1 is 1.19 bits per heavy atom. The smallest absolute Gasteiger partial charge is 0.355 e. The molecule has 0 saturated heterocycles. The van der Waals surface area contributed by atoms with Crippen molar-refractivity contribution in [3.8, 4) is 0 Å². The Kier molecular flexibility index (Phi) is 3.09. The Hall–Kier alpha value is -2.16. The van der Waals surface area contributed by atoms with Gasteiger partial charge in [0.2, 0.25) is 0 Å². The molecule has 0 radical (unpaired) electrons. The summed E-state index contributed by atoms with van der Waals surface area (Å²) in [6.07, 6.45) is 0. The van der Waals surface area contributed by atoms with Gasteiger partial charge in [-0.15, -0.1) is 0 Å². The van der Waals surface area contributed by atoms with E-state index in [4.69, 9.17) is 15.3 Å². The maximum absolute atomic E-state index is 10.8. The number of nitrogens with one attached hydrogen (secondary N) is 1. The number of hydrogen-bond acceptors (Lipinski definition) is 4. The Balaban J connectivity index is 3.47. The summed E-state index contributed by atoms with van der Waals surface area (Å²) in [7, 11) is 0. The van der Waals surface area contributed by atoms with Crippen molar-refractivity contribution >= 4 is 30.1 Å². The van der Waals surface area contributed by atoms with Crippen LogP contribution in [0.3, 0.4) is 0 Å². The highest BCUT2D eigenvalue weighted by molar-refractivity contribution is 7.71. The molecule has 0 aliphatic heterocycles. The van der Waals surface area contributed by atoms with Crippen LogP contribution in [0.5, 0.6) is 0 Å². The molecular formula is C7H6N2O6S. The summed E-state index contributed by atoms with van der Waals surface area (Å²) in [6, 6.07) is 0. The quantitative estimate of drug-likeness (QED) is 0.550. The second-order valence-electron chi connectivity index (χ2n) is 2.74. The number of imidazole rings is 1. The van der Waals surface area contributed by atoms with Gasteiger partial charge in [-0.2, -0.15) is 0 Å². The number of aromatic nitrogens is 2. The number of carboxylic acid groups (broad SMARTS) is 3. The van der Waals surface area contributed by atoms with Crippen molar-refractivity contribution in [3.05, 3.63) is 16.2 Å². The molecular weight excluding hydrogens is 240 g/mol. The largest absolute Gasteiger partial charge is 0.480 e. The maximum Gasteiger partial charge on any atom is 0.355 e. The molecule has 4 N–H and O–H groups in total. The van der Waals surface area contributed by atoms with E-state index >= 15 is 0 Å². The van der Waals surface area contributed by atoms with E-state index in [0.29, 0.717) is 4.57 Å². The SMILES string of the molecule is O=C(O)Cn1c(C(=O)O)c(C(=O)O)[nH]c1=S. The van der Waals surface area contributed by atoms with E-state index in [1.807, 2.05) is 0 Å². The summed E-state index contributed by atoms with van der Waals surface area (Å²) in [5, 5.41) is 26.0. The predicted octanol–water partition coefficient (Wildman–Crippen LogP) is 0.0267. The fourth-order valence-corrected chi connectivity index (χ4v) is 1.39. The van der Waals surface area contributed by atoms with Crippen molar-refractivity contribution < 1.29 is 29.7 Å². The molecule has 0 saturated carbocycles. The number of rotatable bonds is 4. The molecule has 0 amide bonds. The minimum Gasteiger partial charge on any atom is -0.480 e. The van der Waals surface area contributed by atoms with E-state index < -0.39 is 35.8 Å². The third-order valence-corrected chi connectivity index (χ3v) is 2.02. The van der Waals surface area contributed by atoms with E-state index in [0.717, 1.165) is 0 Å². The molecule has 8 nitrogen and oxygen atoms in total. The minimum atomic E-state index is -1.56. The zero-order chi connectivity index (χ0) is 12.5. The number of aliphatic carboxylic acids is 1. The Morgan fingerprint density at radius 2 is 1.75 bits per heavy atom. The van der Waals surface area contributed by atoms with Gasteiger partial charge in [0.05, 0.1) is 0 Å². The average Bonchev–Trinajstić information content (AvgIpc) is 2.43. The maximum atomic E-state index is 10.8. The lowest BCUT2D eigenvalue weighted by atomic mass is 10.3. The van der Waals surface area contributed by atoms with E-state index in [1.165, 1.54) is 0 Å². The van der Waals surface area contributed by atoms with Crippen molar-refractivity contribution in [2.75, 3.05) is 0 Å². The highest BCUT2D eigenvalue weighted by Crippen LogP contribution is 2.10. The van der Waals surface area contributed by atoms with Gasteiger partial charge < -0.3 is 20.3 Å². The average molecular weight is 246 g/mol. The molecule has 1 aromatic rings. The standard InChI is InChI=1S/C7H6N2O6S/c10-2(11)1-9-4(6(14)15)3(5(12)13)8-7(9)16/h1H2,(H,8,16)(H,10,11)(H,12,13)(H,14,15). The van der Waals surface area contributed by atoms with E-state index in [9.17, 15) is 14.4 Å². The lowest BCUT2D eigenvalue weighted by molar-refractivity contribution is -0.137. The van der Waals surface area contributed by atoms with Crippen molar-refractivity contribution in [2.24, 2.45) is 0 Å². The van der Waals surface area contributed by atoms with Gasteiger partial charge in [0.25, 0.3) is 0 Å². The van der Waals surface area contributed by atoms with Gasteiger partial charge >= 0.3 is 17.9 Å². The first kappa shape index (κ1) is 11.9. The normalized spacial score (nSPS) is 10.0. The van der Waals surface area contributed by atoms with Crippen LogP contribution in [0.4, 0.5) is 0 Å². The molecule has 1 aromatic heterocycles. The third kappa shape index (κ3) is 2.08. The first-order valence-electron chi connectivity index (χ1n) is 3.85. The van der Waals surface area contributed by atoms with Crippen LogP contribution < -0.4 is 0 Å². The van der Waals surface area contributed by atoms with Crippen molar-refractivity contribution in [3.63, 3.8) is 0 Å². The number of nitrogens with zero attached hydrogens (tertiary/aromatic N) is 1. The van der Waals surface area contributed by atoms with Crippen LogP contribution in [0.25, 0.3) is 0 Å². The van der Waals surface area contributed by atoms with Crippen molar-refractivity contribution in [1.29, 1.82) is 0 Å². The van der Waals surface area contributed by atoms with E-state index in [1.54, 1.807) is 0 Å². The molecule has 0 aliphatic carbocycles.